The molecule has 0 saturated carbocycles. The second kappa shape index (κ2) is 7.84. The number of hydrogen-bond donors (Lipinski definition) is 1. The third-order valence-electron chi connectivity index (χ3n) is 3.08. The molecule has 1 heterocycles. The van der Waals surface area contributed by atoms with Crippen molar-refractivity contribution >= 4 is 17.8 Å². The Balaban J connectivity index is 1.94. The van der Waals surface area contributed by atoms with Crippen molar-refractivity contribution in [3.05, 3.63) is 53.9 Å². The van der Waals surface area contributed by atoms with Crippen molar-refractivity contribution in [1.29, 1.82) is 0 Å². The van der Waals surface area contributed by atoms with Crippen molar-refractivity contribution in [3.8, 4) is 11.5 Å². The van der Waals surface area contributed by atoms with Gasteiger partial charge >= 0.3 is 5.97 Å². The molecule has 0 atom stereocenters. The van der Waals surface area contributed by atoms with E-state index in [1.165, 1.54) is 13.2 Å². The number of esters is 1. The third kappa shape index (κ3) is 4.47. The first kappa shape index (κ1) is 16.4. The third-order valence-corrected chi connectivity index (χ3v) is 3.08. The summed E-state index contributed by atoms with van der Waals surface area (Å²) in [5.41, 5.74) is 1.10. The fourth-order valence-corrected chi connectivity index (χ4v) is 1.88. The Hall–Kier alpha value is -3.02. The lowest BCUT2D eigenvalue weighted by molar-refractivity contribution is -0.136. The van der Waals surface area contributed by atoms with Gasteiger partial charge in [0.15, 0.2) is 6.61 Å². The second-order valence-corrected chi connectivity index (χ2v) is 4.56. The maximum atomic E-state index is 11.7. The normalized spacial score (nSPS) is 10.5. The Morgan fingerprint density at radius 3 is 2.65 bits per heavy atom. The molecule has 0 aliphatic rings. The minimum Gasteiger partial charge on any atom is -0.497 e. The molecule has 0 radical (unpaired) electrons. The molecule has 2 aromatic rings. The Bertz CT molecular complexity index is 704. The van der Waals surface area contributed by atoms with Gasteiger partial charge in [0.1, 0.15) is 11.5 Å². The lowest BCUT2D eigenvalue weighted by Crippen LogP contribution is -2.12. The average Bonchev–Trinajstić information content (AvgIpc) is 3.12. The van der Waals surface area contributed by atoms with Crippen LogP contribution in [-0.4, -0.2) is 37.6 Å². The molecule has 6 nitrogen and oxygen atoms in total. The molecule has 6 heteroatoms. The Labute approximate surface area is 133 Å². The average molecular weight is 315 g/mol. The van der Waals surface area contributed by atoms with E-state index in [4.69, 9.17) is 14.2 Å². The van der Waals surface area contributed by atoms with Crippen molar-refractivity contribution in [2.24, 2.45) is 0 Å². The number of carbonyl (C=O) groups excluding carboxylic acids is 2. The van der Waals surface area contributed by atoms with Crippen LogP contribution >= 0.6 is 0 Å². The number of benzene rings is 1. The predicted octanol–water partition coefficient (Wildman–Crippen LogP) is 2.47. The van der Waals surface area contributed by atoms with Crippen LogP contribution in [0, 0.1) is 0 Å². The van der Waals surface area contributed by atoms with E-state index in [0.717, 1.165) is 0 Å². The summed E-state index contributed by atoms with van der Waals surface area (Å²) in [4.78, 5) is 26.1. The number of hydrogen-bond acceptors (Lipinski definition) is 5. The first-order chi connectivity index (χ1) is 11.1. The molecule has 0 aliphatic carbocycles. The van der Waals surface area contributed by atoms with Gasteiger partial charge in [0.05, 0.1) is 19.9 Å². The molecule has 0 aliphatic heterocycles. The van der Waals surface area contributed by atoms with E-state index in [1.807, 2.05) is 0 Å². The van der Waals surface area contributed by atoms with Crippen LogP contribution in [0.2, 0.25) is 0 Å². The van der Waals surface area contributed by atoms with E-state index in [1.54, 1.807) is 49.7 Å². The summed E-state index contributed by atoms with van der Waals surface area (Å²) in [5, 5.41) is 0. The van der Waals surface area contributed by atoms with Crippen LogP contribution < -0.4 is 9.47 Å². The van der Waals surface area contributed by atoms with Crippen LogP contribution in [0.25, 0.3) is 6.08 Å². The summed E-state index contributed by atoms with van der Waals surface area (Å²) in [6.07, 6.45) is 4.43. The van der Waals surface area contributed by atoms with Gasteiger partial charge < -0.3 is 19.2 Å². The molecule has 0 fully saturated rings. The number of rotatable bonds is 7. The number of nitrogens with one attached hydrogen (secondary N) is 1. The molecule has 1 N–H and O–H groups in total. The summed E-state index contributed by atoms with van der Waals surface area (Å²) in [7, 11) is 3.09. The zero-order valence-electron chi connectivity index (χ0n) is 12.9. The predicted molar refractivity (Wildman–Crippen MR) is 84.7 cm³/mol. The first-order valence-corrected chi connectivity index (χ1v) is 6.87. The number of ketones is 1. The summed E-state index contributed by atoms with van der Waals surface area (Å²) in [6, 6.07) is 8.53. The minimum atomic E-state index is -0.609. The number of aromatic amines is 1. The van der Waals surface area contributed by atoms with Gasteiger partial charge in [-0.1, -0.05) is 0 Å². The van der Waals surface area contributed by atoms with E-state index in [9.17, 15) is 9.59 Å². The smallest absolute Gasteiger partial charge is 0.331 e. The van der Waals surface area contributed by atoms with Crippen LogP contribution in [0.5, 0.6) is 11.5 Å². The van der Waals surface area contributed by atoms with Crippen LogP contribution in [0.4, 0.5) is 0 Å². The van der Waals surface area contributed by atoms with Gasteiger partial charge in [0.2, 0.25) is 5.78 Å². The number of methoxy groups -OCH3 is 2. The first-order valence-electron chi connectivity index (χ1n) is 6.87. The molecule has 1 aromatic heterocycles. The lowest BCUT2D eigenvalue weighted by atomic mass is 10.2. The summed E-state index contributed by atoms with van der Waals surface area (Å²) in [6.45, 7) is -0.316. The molecule has 0 amide bonds. The van der Waals surface area contributed by atoms with E-state index in [2.05, 4.69) is 4.98 Å². The van der Waals surface area contributed by atoms with Gasteiger partial charge in [-0.25, -0.2) is 4.79 Å². The highest BCUT2D eigenvalue weighted by atomic mass is 16.5. The lowest BCUT2D eigenvalue weighted by Gasteiger charge is -2.07. The maximum absolute atomic E-state index is 11.7. The van der Waals surface area contributed by atoms with Gasteiger partial charge in [-0.05, 0) is 30.3 Å². The monoisotopic (exact) mass is 315 g/mol. The zero-order valence-corrected chi connectivity index (χ0v) is 12.9. The fourth-order valence-electron chi connectivity index (χ4n) is 1.88. The molecule has 23 heavy (non-hydrogen) atoms. The molecular weight excluding hydrogens is 298 g/mol. The molecule has 0 unspecified atom stereocenters. The van der Waals surface area contributed by atoms with Crippen molar-refractivity contribution in [3.63, 3.8) is 0 Å². The second-order valence-electron chi connectivity index (χ2n) is 4.56. The number of aromatic nitrogens is 1. The highest BCUT2D eigenvalue weighted by molar-refractivity contribution is 5.97. The van der Waals surface area contributed by atoms with Gasteiger partial charge in [-0.3, -0.25) is 4.79 Å². The molecule has 0 bridgehead atoms. The van der Waals surface area contributed by atoms with E-state index >= 15 is 0 Å². The minimum absolute atomic E-state index is 0.293. The highest BCUT2D eigenvalue weighted by Gasteiger charge is 2.09. The molecular formula is C17H17NO5. The van der Waals surface area contributed by atoms with E-state index in [-0.39, 0.29) is 12.4 Å². The van der Waals surface area contributed by atoms with Crippen LogP contribution in [0.3, 0.4) is 0 Å². The quantitative estimate of drug-likeness (QED) is 0.482. The van der Waals surface area contributed by atoms with Crippen LogP contribution in [-0.2, 0) is 9.53 Å². The fraction of sp³-hybridized carbons (Fsp3) is 0.176. The summed E-state index contributed by atoms with van der Waals surface area (Å²) >= 11 is 0. The van der Waals surface area contributed by atoms with Gasteiger partial charge in [-0.15, -0.1) is 0 Å². The Morgan fingerprint density at radius 2 is 2.00 bits per heavy atom. The highest BCUT2D eigenvalue weighted by Crippen LogP contribution is 2.25. The SMILES string of the molecule is COc1ccc(C=CC(=O)OCC(=O)c2ccc[nH]2)c(OC)c1. The standard InChI is InChI=1S/C17H17NO5/c1-21-13-7-5-12(16(10-13)22-2)6-8-17(20)23-11-15(19)14-4-3-9-18-14/h3-10,18H,11H2,1-2H3. The Morgan fingerprint density at radius 1 is 1.17 bits per heavy atom. The molecule has 0 saturated heterocycles. The molecule has 2 rings (SSSR count). The van der Waals surface area contributed by atoms with Gasteiger partial charge in [0, 0.05) is 23.9 Å². The summed E-state index contributed by atoms with van der Waals surface area (Å²) < 4.78 is 15.2. The Kier molecular flexibility index (Phi) is 5.57. The number of H-pyrrole nitrogens is 1. The van der Waals surface area contributed by atoms with Crippen molar-refractivity contribution in [2.75, 3.05) is 20.8 Å². The van der Waals surface area contributed by atoms with Crippen LogP contribution in [0.15, 0.2) is 42.6 Å². The number of Topliss-reactive ketones (excluding diaryl/α,β-unsaturated/α-hetero) is 1. The van der Waals surface area contributed by atoms with Crippen molar-refractivity contribution in [2.45, 2.75) is 0 Å². The van der Waals surface area contributed by atoms with Gasteiger partial charge in [0.25, 0.3) is 0 Å². The largest absolute Gasteiger partial charge is 0.497 e. The molecule has 0 spiro atoms. The van der Waals surface area contributed by atoms with Crippen molar-refractivity contribution in [1.82, 2.24) is 4.98 Å². The number of ether oxygens (including phenoxy) is 3. The molecule has 120 valence electrons. The summed E-state index contributed by atoms with van der Waals surface area (Å²) in [5.74, 6) is 0.315. The zero-order chi connectivity index (χ0) is 16.7. The van der Waals surface area contributed by atoms with Gasteiger partial charge in [-0.2, -0.15) is 0 Å². The maximum Gasteiger partial charge on any atom is 0.331 e. The van der Waals surface area contributed by atoms with E-state index < -0.39 is 5.97 Å². The topological polar surface area (TPSA) is 77.6 Å². The van der Waals surface area contributed by atoms with E-state index in [0.29, 0.717) is 22.8 Å². The number of carbonyl (C=O) groups is 2. The molecule has 1 aromatic carbocycles. The van der Waals surface area contributed by atoms with Crippen LogP contribution in [0.1, 0.15) is 16.1 Å². The van der Waals surface area contributed by atoms with Crippen molar-refractivity contribution < 1.29 is 23.8 Å².